The zero-order valence-electron chi connectivity index (χ0n) is 12.6. The molecule has 0 amide bonds. The minimum Gasteiger partial charge on any atom is -0.468 e. The van der Waals surface area contributed by atoms with E-state index in [9.17, 15) is 9.59 Å². The monoisotopic (exact) mass is 286 g/mol. The van der Waals surface area contributed by atoms with E-state index in [0.717, 1.165) is 30.4 Å². The number of esters is 1. The molecule has 1 aliphatic rings. The van der Waals surface area contributed by atoms with Gasteiger partial charge in [-0.05, 0) is 31.2 Å². The Morgan fingerprint density at radius 1 is 1.29 bits per heavy atom. The average Bonchev–Trinajstić information content (AvgIpc) is 2.49. The SMILES string of the molecule is C=C1CCCCC(Cc2ccccc2)(C(=O)OC)C(=O)C1. The van der Waals surface area contributed by atoms with E-state index in [-0.39, 0.29) is 12.2 Å². The van der Waals surface area contributed by atoms with Crippen LogP contribution in [0.1, 0.15) is 37.7 Å². The molecule has 1 atom stereocenters. The van der Waals surface area contributed by atoms with Crippen LogP contribution in [0.2, 0.25) is 0 Å². The van der Waals surface area contributed by atoms with Crippen LogP contribution in [-0.2, 0) is 20.7 Å². The average molecular weight is 286 g/mol. The number of allylic oxidation sites excluding steroid dienone is 1. The van der Waals surface area contributed by atoms with Gasteiger partial charge in [-0.3, -0.25) is 9.59 Å². The second kappa shape index (κ2) is 6.70. The maximum absolute atomic E-state index is 12.7. The van der Waals surface area contributed by atoms with Gasteiger partial charge >= 0.3 is 5.97 Å². The molecule has 0 spiro atoms. The molecule has 0 N–H and O–H groups in total. The molecule has 1 aliphatic carbocycles. The lowest BCUT2D eigenvalue weighted by Gasteiger charge is -2.31. The van der Waals surface area contributed by atoms with Crippen molar-refractivity contribution in [1.29, 1.82) is 0 Å². The minimum absolute atomic E-state index is 0.0529. The van der Waals surface area contributed by atoms with E-state index in [1.54, 1.807) is 0 Å². The lowest BCUT2D eigenvalue weighted by Crippen LogP contribution is -2.43. The van der Waals surface area contributed by atoms with Gasteiger partial charge in [-0.15, -0.1) is 0 Å². The number of Topliss-reactive ketones (excluding diaryl/α,β-unsaturated/α-hetero) is 1. The van der Waals surface area contributed by atoms with Crippen LogP contribution in [0.4, 0.5) is 0 Å². The van der Waals surface area contributed by atoms with Crippen molar-refractivity contribution in [3.8, 4) is 0 Å². The Hall–Kier alpha value is -1.90. The van der Waals surface area contributed by atoms with E-state index in [1.807, 2.05) is 30.3 Å². The van der Waals surface area contributed by atoms with Gasteiger partial charge in [0.15, 0.2) is 5.78 Å². The summed E-state index contributed by atoms with van der Waals surface area (Å²) >= 11 is 0. The molecule has 1 aromatic rings. The van der Waals surface area contributed by atoms with Crippen LogP contribution in [0.5, 0.6) is 0 Å². The Labute approximate surface area is 126 Å². The summed E-state index contributed by atoms with van der Waals surface area (Å²) in [6.07, 6.45) is 3.93. The molecule has 112 valence electrons. The van der Waals surface area contributed by atoms with Gasteiger partial charge in [0.1, 0.15) is 5.41 Å². The first-order chi connectivity index (χ1) is 10.1. The number of carbonyl (C=O) groups excluding carboxylic acids is 2. The van der Waals surface area contributed by atoms with Crippen molar-refractivity contribution in [1.82, 2.24) is 0 Å². The summed E-state index contributed by atoms with van der Waals surface area (Å²) in [6.45, 7) is 3.95. The van der Waals surface area contributed by atoms with Crippen molar-refractivity contribution in [2.45, 2.75) is 38.5 Å². The fourth-order valence-electron chi connectivity index (χ4n) is 3.04. The number of rotatable bonds is 3. The van der Waals surface area contributed by atoms with Crippen LogP contribution >= 0.6 is 0 Å². The quantitative estimate of drug-likeness (QED) is 0.485. The lowest BCUT2D eigenvalue weighted by molar-refractivity contribution is -0.158. The van der Waals surface area contributed by atoms with E-state index in [1.165, 1.54) is 7.11 Å². The first-order valence-electron chi connectivity index (χ1n) is 7.41. The van der Waals surface area contributed by atoms with Gasteiger partial charge in [0, 0.05) is 6.42 Å². The Morgan fingerprint density at radius 2 is 2.00 bits per heavy atom. The molecule has 1 saturated carbocycles. The van der Waals surface area contributed by atoms with Crippen molar-refractivity contribution < 1.29 is 14.3 Å². The molecule has 3 nitrogen and oxygen atoms in total. The van der Waals surface area contributed by atoms with Gasteiger partial charge in [0.25, 0.3) is 0 Å². The van der Waals surface area contributed by atoms with Gasteiger partial charge in [-0.1, -0.05) is 48.9 Å². The third-order valence-corrected chi connectivity index (χ3v) is 4.25. The number of benzene rings is 1. The van der Waals surface area contributed by atoms with Crippen molar-refractivity contribution in [2.75, 3.05) is 7.11 Å². The highest BCUT2D eigenvalue weighted by Crippen LogP contribution is 2.37. The molecule has 1 fully saturated rings. The van der Waals surface area contributed by atoms with E-state index in [0.29, 0.717) is 12.8 Å². The van der Waals surface area contributed by atoms with E-state index in [4.69, 9.17) is 4.74 Å². The molecule has 21 heavy (non-hydrogen) atoms. The van der Waals surface area contributed by atoms with E-state index >= 15 is 0 Å². The summed E-state index contributed by atoms with van der Waals surface area (Å²) in [7, 11) is 1.36. The van der Waals surface area contributed by atoms with Gasteiger partial charge in [-0.25, -0.2) is 0 Å². The second-order valence-electron chi connectivity index (χ2n) is 5.79. The largest absolute Gasteiger partial charge is 0.468 e. The summed E-state index contributed by atoms with van der Waals surface area (Å²) in [5.41, 5.74) is 0.850. The number of hydrogen-bond acceptors (Lipinski definition) is 3. The molecule has 1 aromatic carbocycles. The van der Waals surface area contributed by atoms with Crippen LogP contribution in [0.3, 0.4) is 0 Å². The maximum Gasteiger partial charge on any atom is 0.319 e. The number of methoxy groups -OCH3 is 1. The molecule has 2 rings (SSSR count). The van der Waals surface area contributed by atoms with Crippen LogP contribution in [0, 0.1) is 5.41 Å². The Bertz CT molecular complexity index is 533. The smallest absolute Gasteiger partial charge is 0.319 e. The van der Waals surface area contributed by atoms with E-state index < -0.39 is 11.4 Å². The summed E-state index contributed by atoms with van der Waals surface area (Å²) in [5, 5.41) is 0. The van der Waals surface area contributed by atoms with E-state index in [2.05, 4.69) is 6.58 Å². The highest BCUT2D eigenvalue weighted by molar-refractivity contribution is 6.05. The summed E-state index contributed by atoms with van der Waals surface area (Å²) in [5.74, 6) is -0.464. The predicted molar refractivity (Wildman–Crippen MR) is 81.8 cm³/mol. The highest BCUT2D eigenvalue weighted by atomic mass is 16.5. The standard InChI is InChI=1S/C18H22O3/c1-14-8-6-7-11-18(16(19)12-14,17(20)21-2)13-15-9-4-3-5-10-15/h3-5,9-10H,1,6-8,11-13H2,2H3. The molecule has 0 heterocycles. The normalized spacial score (nSPS) is 23.3. The van der Waals surface area contributed by atoms with Crippen molar-refractivity contribution in [2.24, 2.45) is 5.41 Å². The van der Waals surface area contributed by atoms with Gasteiger partial charge in [-0.2, -0.15) is 0 Å². The Morgan fingerprint density at radius 3 is 2.67 bits per heavy atom. The van der Waals surface area contributed by atoms with Crippen LogP contribution in [0.25, 0.3) is 0 Å². The topological polar surface area (TPSA) is 43.4 Å². The zero-order valence-corrected chi connectivity index (χ0v) is 12.6. The highest BCUT2D eigenvalue weighted by Gasteiger charge is 2.46. The fourth-order valence-corrected chi connectivity index (χ4v) is 3.04. The number of ketones is 1. The number of ether oxygens (including phenoxy) is 1. The van der Waals surface area contributed by atoms with Gasteiger partial charge < -0.3 is 4.74 Å². The second-order valence-corrected chi connectivity index (χ2v) is 5.79. The Balaban J connectivity index is 2.36. The predicted octanol–water partition coefficient (Wildman–Crippen LogP) is 3.48. The number of hydrogen-bond donors (Lipinski definition) is 0. The van der Waals surface area contributed by atoms with Crippen LogP contribution in [0.15, 0.2) is 42.5 Å². The van der Waals surface area contributed by atoms with Crippen molar-refractivity contribution >= 4 is 11.8 Å². The third-order valence-electron chi connectivity index (χ3n) is 4.25. The summed E-state index contributed by atoms with van der Waals surface area (Å²) in [4.78, 5) is 25.1. The molecule has 0 bridgehead atoms. The molecular formula is C18H22O3. The molecule has 0 aromatic heterocycles. The maximum atomic E-state index is 12.7. The van der Waals surface area contributed by atoms with Crippen molar-refractivity contribution in [3.05, 3.63) is 48.0 Å². The fraction of sp³-hybridized carbons (Fsp3) is 0.444. The molecule has 0 saturated heterocycles. The van der Waals surface area contributed by atoms with Crippen molar-refractivity contribution in [3.63, 3.8) is 0 Å². The lowest BCUT2D eigenvalue weighted by atomic mass is 9.70. The zero-order chi connectivity index (χ0) is 15.3. The molecule has 3 heteroatoms. The first-order valence-corrected chi connectivity index (χ1v) is 7.41. The first kappa shape index (κ1) is 15.5. The third kappa shape index (κ3) is 3.41. The molecule has 1 unspecified atom stereocenters. The molecular weight excluding hydrogens is 264 g/mol. The summed E-state index contributed by atoms with van der Waals surface area (Å²) < 4.78 is 4.98. The van der Waals surface area contributed by atoms with Crippen LogP contribution < -0.4 is 0 Å². The van der Waals surface area contributed by atoms with Gasteiger partial charge in [0.05, 0.1) is 7.11 Å². The van der Waals surface area contributed by atoms with Crippen LogP contribution in [-0.4, -0.2) is 18.9 Å². The number of carbonyl (C=O) groups is 2. The Kier molecular flexibility index (Phi) is 4.94. The molecule has 0 radical (unpaired) electrons. The summed E-state index contributed by atoms with van der Waals surface area (Å²) in [6, 6.07) is 9.67. The van der Waals surface area contributed by atoms with Gasteiger partial charge in [0.2, 0.25) is 0 Å². The molecule has 0 aliphatic heterocycles. The minimum atomic E-state index is -1.06.